The number of aromatic amines is 1. The topological polar surface area (TPSA) is 72.0 Å². The Balaban J connectivity index is 2.73. The molecule has 0 aliphatic heterocycles. The van der Waals surface area contributed by atoms with Crippen molar-refractivity contribution in [2.24, 2.45) is 0 Å². The van der Waals surface area contributed by atoms with Gasteiger partial charge in [-0.1, -0.05) is 0 Å². The summed E-state index contributed by atoms with van der Waals surface area (Å²) in [6, 6.07) is 4.79. The van der Waals surface area contributed by atoms with Gasteiger partial charge < -0.3 is 9.72 Å². The van der Waals surface area contributed by atoms with Crippen molar-refractivity contribution in [1.82, 2.24) is 9.97 Å². The van der Waals surface area contributed by atoms with Gasteiger partial charge in [0.25, 0.3) is 5.56 Å². The lowest BCUT2D eigenvalue weighted by molar-refractivity contribution is 0.0594. The predicted octanol–water partition coefficient (Wildman–Crippen LogP) is 0.710. The summed E-state index contributed by atoms with van der Waals surface area (Å²) in [5, 5.41) is 0.449. The molecule has 0 saturated heterocycles. The Bertz CT molecular complexity index is 574. The lowest BCUT2D eigenvalue weighted by Gasteiger charge is -2.00. The summed E-state index contributed by atoms with van der Waals surface area (Å²) in [5.74, 6) is -0.584. The van der Waals surface area contributed by atoms with Crippen LogP contribution in [0.5, 0.6) is 0 Å². The number of hydrogen-bond acceptors (Lipinski definition) is 4. The first-order valence-corrected chi connectivity index (χ1v) is 4.29. The summed E-state index contributed by atoms with van der Waals surface area (Å²) < 4.78 is 4.50. The zero-order valence-corrected chi connectivity index (χ0v) is 7.98. The van der Waals surface area contributed by atoms with Crippen molar-refractivity contribution in [2.75, 3.05) is 7.11 Å². The van der Waals surface area contributed by atoms with Crippen LogP contribution < -0.4 is 5.56 Å². The SMILES string of the molecule is COC(=O)c1cc2ncccc2c(=O)[nH]1. The van der Waals surface area contributed by atoms with E-state index < -0.39 is 5.97 Å². The van der Waals surface area contributed by atoms with Crippen LogP contribution in [0.3, 0.4) is 0 Å². The maximum Gasteiger partial charge on any atom is 0.354 e. The fourth-order valence-electron chi connectivity index (χ4n) is 1.31. The first kappa shape index (κ1) is 9.39. The molecule has 0 aromatic carbocycles. The van der Waals surface area contributed by atoms with E-state index in [1.165, 1.54) is 13.2 Å². The van der Waals surface area contributed by atoms with Crippen molar-refractivity contribution in [3.63, 3.8) is 0 Å². The van der Waals surface area contributed by atoms with Crippen molar-refractivity contribution in [2.45, 2.75) is 0 Å². The van der Waals surface area contributed by atoms with Crippen LogP contribution in [0.2, 0.25) is 0 Å². The van der Waals surface area contributed by atoms with E-state index in [0.717, 1.165) is 0 Å². The maximum atomic E-state index is 11.5. The molecular weight excluding hydrogens is 196 g/mol. The van der Waals surface area contributed by atoms with Crippen LogP contribution in [0, 0.1) is 0 Å². The van der Waals surface area contributed by atoms with Crippen molar-refractivity contribution >= 4 is 16.9 Å². The molecule has 2 rings (SSSR count). The molecule has 2 aromatic heterocycles. The van der Waals surface area contributed by atoms with Gasteiger partial charge in [-0.25, -0.2) is 4.79 Å². The standard InChI is InChI=1S/C10H8N2O3/c1-15-10(14)8-5-7-6(9(13)12-8)3-2-4-11-7/h2-5H,1H3,(H,12,13). The summed E-state index contributed by atoms with van der Waals surface area (Å²) in [6.07, 6.45) is 1.56. The van der Waals surface area contributed by atoms with Crippen molar-refractivity contribution < 1.29 is 9.53 Å². The van der Waals surface area contributed by atoms with Crippen molar-refractivity contribution in [3.05, 3.63) is 40.4 Å². The highest BCUT2D eigenvalue weighted by Crippen LogP contribution is 2.06. The van der Waals surface area contributed by atoms with Gasteiger partial charge >= 0.3 is 5.97 Å². The first-order chi connectivity index (χ1) is 7.22. The molecule has 0 fully saturated rings. The Labute approximate surface area is 84.7 Å². The smallest absolute Gasteiger partial charge is 0.354 e. The van der Waals surface area contributed by atoms with Gasteiger partial charge in [-0.2, -0.15) is 0 Å². The summed E-state index contributed by atoms with van der Waals surface area (Å²) >= 11 is 0. The van der Waals surface area contributed by atoms with Crippen LogP contribution in [0.15, 0.2) is 29.2 Å². The highest BCUT2D eigenvalue weighted by Gasteiger charge is 2.09. The number of rotatable bonds is 1. The van der Waals surface area contributed by atoms with Gasteiger partial charge in [0.2, 0.25) is 0 Å². The average molecular weight is 204 g/mol. The highest BCUT2D eigenvalue weighted by atomic mass is 16.5. The summed E-state index contributed by atoms with van der Waals surface area (Å²) in [6.45, 7) is 0. The maximum absolute atomic E-state index is 11.5. The molecule has 0 unspecified atom stereocenters. The third-order valence-electron chi connectivity index (χ3n) is 2.02. The number of fused-ring (bicyclic) bond motifs is 1. The van der Waals surface area contributed by atoms with Gasteiger partial charge in [-0.15, -0.1) is 0 Å². The van der Waals surface area contributed by atoms with E-state index in [4.69, 9.17) is 0 Å². The third kappa shape index (κ3) is 1.59. The summed E-state index contributed by atoms with van der Waals surface area (Å²) in [4.78, 5) is 29.1. The van der Waals surface area contributed by atoms with Crippen LogP contribution in [0.1, 0.15) is 10.5 Å². The molecule has 2 aromatic rings. The van der Waals surface area contributed by atoms with Gasteiger partial charge in [0.15, 0.2) is 0 Å². The minimum absolute atomic E-state index is 0.105. The minimum Gasteiger partial charge on any atom is -0.464 e. The van der Waals surface area contributed by atoms with Gasteiger partial charge in [0.05, 0.1) is 18.0 Å². The van der Waals surface area contributed by atoms with Crippen LogP contribution in [0.25, 0.3) is 10.9 Å². The van der Waals surface area contributed by atoms with E-state index in [1.807, 2.05) is 0 Å². The van der Waals surface area contributed by atoms with E-state index in [-0.39, 0.29) is 11.3 Å². The molecular formula is C10H8N2O3. The number of nitrogens with one attached hydrogen (secondary N) is 1. The lowest BCUT2D eigenvalue weighted by atomic mass is 10.2. The van der Waals surface area contributed by atoms with E-state index in [1.54, 1.807) is 18.3 Å². The summed E-state index contributed by atoms with van der Waals surface area (Å²) in [7, 11) is 1.25. The zero-order chi connectivity index (χ0) is 10.8. The van der Waals surface area contributed by atoms with Gasteiger partial charge in [0.1, 0.15) is 5.69 Å². The normalized spacial score (nSPS) is 10.2. The lowest BCUT2D eigenvalue weighted by Crippen LogP contribution is -2.14. The Hall–Kier alpha value is -2.17. The Morgan fingerprint density at radius 2 is 2.33 bits per heavy atom. The molecule has 0 radical (unpaired) electrons. The number of methoxy groups -OCH3 is 1. The van der Waals surface area contributed by atoms with Crippen LogP contribution in [-0.4, -0.2) is 23.0 Å². The number of carbonyl (C=O) groups is 1. The number of aromatic nitrogens is 2. The molecule has 15 heavy (non-hydrogen) atoms. The predicted molar refractivity (Wildman–Crippen MR) is 53.7 cm³/mol. The number of H-pyrrole nitrogens is 1. The number of esters is 1. The second kappa shape index (κ2) is 3.53. The van der Waals surface area contributed by atoms with Crippen LogP contribution in [-0.2, 0) is 4.74 Å². The Morgan fingerprint density at radius 1 is 1.53 bits per heavy atom. The molecule has 0 amide bonds. The fourth-order valence-corrected chi connectivity index (χ4v) is 1.31. The largest absolute Gasteiger partial charge is 0.464 e. The van der Waals surface area contributed by atoms with Crippen LogP contribution >= 0.6 is 0 Å². The van der Waals surface area contributed by atoms with Crippen LogP contribution in [0.4, 0.5) is 0 Å². The third-order valence-corrected chi connectivity index (χ3v) is 2.02. The number of ether oxygens (including phenoxy) is 1. The molecule has 0 bridgehead atoms. The molecule has 76 valence electrons. The number of carbonyl (C=O) groups excluding carboxylic acids is 1. The quantitative estimate of drug-likeness (QED) is 0.694. The molecule has 1 N–H and O–H groups in total. The monoisotopic (exact) mass is 204 g/mol. The first-order valence-electron chi connectivity index (χ1n) is 4.29. The average Bonchev–Trinajstić information content (AvgIpc) is 2.28. The molecule has 0 atom stereocenters. The molecule has 0 aliphatic carbocycles. The molecule has 5 heteroatoms. The van der Waals surface area contributed by atoms with E-state index in [2.05, 4.69) is 14.7 Å². The van der Waals surface area contributed by atoms with E-state index in [0.29, 0.717) is 10.9 Å². The highest BCUT2D eigenvalue weighted by molar-refractivity contribution is 5.91. The van der Waals surface area contributed by atoms with Gasteiger partial charge in [-0.3, -0.25) is 9.78 Å². The molecule has 0 aliphatic rings. The summed E-state index contributed by atoms with van der Waals surface area (Å²) in [5.41, 5.74) is 0.233. The van der Waals surface area contributed by atoms with E-state index in [9.17, 15) is 9.59 Å². The Morgan fingerprint density at radius 3 is 3.07 bits per heavy atom. The second-order valence-electron chi connectivity index (χ2n) is 2.94. The number of hydrogen-bond donors (Lipinski definition) is 1. The number of nitrogens with zero attached hydrogens (tertiary/aromatic N) is 1. The van der Waals surface area contributed by atoms with Gasteiger partial charge in [0, 0.05) is 6.20 Å². The Kier molecular flexibility index (Phi) is 2.21. The second-order valence-corrected chi connectivity index (χ2v) is 2.94. The molecule has 0 saturated carbocycles. The van der Waals surface area contributed by atoms with Crippen molar-refractivity contribution in [1.29, 1.82) is 0 Å². The minimum atomic E-state index is -0.584. The van der Waals surface area contributed by atoms with Crippen molar-refractivity contribution in [3.8, 4) is 0 Å². The van der Waals surface area contributed by atoms with E-state index >= 15 is 0 Å². The fraction of sp³-hybridized carbons (Fsp3) is 0.100. The molecule has 5 nitrogen and oxygen atoms in total. The number of pyridine rings is 2. The zero-order valence-electron chi connectivity index (χ0n) is 7.98. The molecule has 0 spiro atoms. The van der Waals surface area contributed by atoms with Gasteiger partial charge in [-0.05, 0) is 18.2 Å². The molecule has 2 heterocycles.